The number of carbonyl (C=O) groups excluding carboxylic acids is 1. The molecule has 0 unspecified atom stereocenters. The summed E-state index contributed by atoms with van der Waals surface area (Å²) in [6.07, 6.45) is 0. The number of esters is 1. The highest BCUT2D eigenvalue weighted by molar-refractivity contribution is 5.92. The number of methoxy groups -OCH3 is 1. The molecule has 2 aromatic carbocycles. The molecule has 0 radical (unpaired) electrons. The van der Waals surface area contributed by atoms with Crippen molar-refractivity contribution in [1.82, 2.24) is 0 Å². The van der Waals surface area contributed by atoms with Crippen LogP contribution in [0.5, 0.6) is 0 Å². The van der Waals surface area contributed by atoms with Crippen molar-refractivity contribution in [3.05, 3.63) is 48.0 Å². The number of rotatable bonds is 4. The SMILES string of the molecule is CCOC(=O)[C@](C)(OC)c1cccc2ccccc12. The molecule has 2 rings (SSSR count). The zero-order chi connectivity index (χ0) is 13.9. The number of hydrogen-bond donors (Lipinski definition) is 0. The van der Waals surface area contributed by atoms with Crippen LogP contribution in [-0.4, -0.2) is 19.7 Å². The Hall–Kier alpha value is -1.87. The van der Waals surface area contributed by atoms with E-state index in [1.807, 2.05) is 42.5 Å². The van der Waals surface area contributed by atoms with Gasteiger partial charge < -0.3 is 9.47 Å². The minimum absolute atomic E-state index is 0.336. The van der Waals surface area contributed by atoms with Gasteiger partial charge in [0.2, 0.25) is 0 Å². The molecule has 3 nitrogen and oxygen atoms in total. The van der Waals surface area contributed by atoms with Crippen molar-refractivity contribution < 1.29 is 14.3 Å². The highest BCUT2D eigenvalue weighted by Crippen LogP contribution is 2.32. The number of hydrogen-bond acceptors (Lipinski definition) is 3. The third kappa shape index (κ3) is 2.34. The van der Waals surface area contributed by atoms with Gasteiger partial charge in [-0.2, -0.15) is 0 Å². The minimum atomic E-state index is -1.09. The molecule has 0 aliphatic carbocycles. The summed E-state index contributed by atoms with van der Waals surface area (Å²) in [5.74, 6) is -0.367. The molecule has 0 bridgehead atoms. The molecule has 1 atom stereocenters. The Morgan fingerprint density at radius 2 is 1.84 bits per heavy atom. The van der Waals surface area contributed by atoms with Crippen molar-refractivity contribution in [3.63, 3.8) is 0 Å². The van der Waals surface area contributed by atoms with E-state index in [0.717, 1.165) is 16.3 Å². The predicted molar refractivity (Wildman–Crippen MR) is 74.9 cm³/mol. The Kier molecular flexibility index (Phi) is 3.86. The van der Waals surface area contributed by atoms with Crippen LogP contribution >= 0.6 is 0 Å². The maximum atomic E-state index is 12.2. The van der Waals surface area contributed by atoms with Gasteiger partial charge in [-0.25, -0.2) is 4.79 Å². The third-order valence-corrected chi connectivity index (χ3v) is 3.38. The van der Waals surface area contributed by atoms with E-state index < -0.39 is 5.60 Å². The third-order valence-electron chi connectivity index (χ3n) is 3.38. The Morgan fingerprint density at radius 1 is 1.16 bits per heavy atom. The first kappa shape index (κ1) is 13.6. The summed E-state index contributed by atoms with van der Waals surface area (Å²) in [4.78, 5) is 12.2. The molecule has 0 amide bonds. The summed E-state index contributed by atoms with van der Waals surface area (Å²) in [5.41, 5.74) is -0.261. The molecule has 0 saturated carbocycles. The zero-order valence-electron chi connectivity index (χ0n) is 11.5. The second kappa shape index (κ2) is 5.41. The molecule has 0 N–H and O–H groups in total. The molecule has 2 aromatic rings. The van der Waals surface area contributed by atoms with Crippen molar-refractivity contribution in [1.29, 1.82) is 0 Å². The highest BCUT2D eigenvalue weighted by Gasteiger charge is 2.38. The van der Waals surface area contributed by atoms with Crippen molar-refractivity contribution in [2.75, 3.05) is 13.7 Å². The van der Waals surface area contributed by atoms with Gasteiger partial charge in [0.15, 0.2) is 5.60 Å². The molecule has 0 aliphatic rings. The Morgan fingerprint density at radius 3 is 2.53 bits per heavy atom. The van der Waals surface area contributed by atoms with Crippen LogP contribution in [0.1, 0.15) is 19.4 Å². The molecule has 0 spiro atoms. The summed E-state index contributed by atoms with van der Waals surface area (Å²) < 4.78 is 10.6. The molecular formula is C16H18O3. The topological polar surface area (TPSA) is 35.5 Å². The van der Waals surface area contributed by atoms with E-state index in [2.05, 4.69) is 0 Å². The molecule has 0 heterocycles. The van der Waals surface area contributed by atoms with E-state index >= 15 is 0 Å². The van der Waals surface area contributed by atoms with Crippen LogP contribution in [0.2, 0.25) is 0 Å². The predicted octanol–water partition coefficient (Wildman–Crippen LogP) is 3.26. The van der Waals surface area contributed by atoms with Crippen LogP contribution in [0, 0.1) is 0 Å². The quantitative estimate of drug-likeness (QED) is 0.790. The largest absolute Gasteiger partial charge is 0.464 e. The van der Waals surface area contributed by atoms with Crippen LogP contribution in [0.4, 0.5) is 0 Å². The fraction of sp³-hybridized carbons (Fsp3) is 0.312. The Bertz CT molecular complexity index is 586. The molecule has 0 fully saturated rings. The average molecular weight is 258 g/mol. The lowest BCUT2D eigenvalue weighted by molar-refractivity contribution is -0.167. The van der Waals surface area contributed by atoms with Gasteiger partial charge in [-0.05, 0) is 24.6 Å². The lowest BCUT2D eigenvalue weighted by atomic mass is 9.90. The van der Waals surface area contributed by atoms with Crippen molar-refractivity contribution in [2.24, 2.45) is 0 Å². The van der Waals surface area contributed by atoms with Crippen LogP contribution in [0.15, 0.2) is 42.5 Å². The second-order valence-corrected chi connectivity index (χ2v) is 4.48. The molecule has 0 saturated heterocycles. The summed E-state index contributed by atoms with van der Waals surface area (Å²) >= 11 is 0. The number of fused-ring (bicyclic) bond motifs is 1. The molecule has 3 heteroatoms. The fourth-order valence-electron chi connectivity index (χ4n) is 2.21. The van der Waals surface area contributed by atoms with Crippen molar-refractivity contribution in [2.45, 2.75) is 19.4 Å². The Labute approximate surface area is 113 Å². The van der Waals surface area contributed by atoms with Crippen LogP contribution < -0.4 is 0 Å². The lowest BCUT2D eigenvalue weighted by Gasteiger charge is -2.27. The standard InChI is InChI=1S/C16H18O3/c1-4-19-15(17)16(2,18-3)14-11-7-9-12-8-5-6-10-13(12)14/h5-11H,4H2,1-3H3/t16-/m1/s1. The molecule has 0 aromatic heterocycles. The molecule has 0 aliphatic heterocycles. The second-order valence-electron chi connectivity index (χ2n) is 4.48. The van der Waals surface area contributed by atoms with Gasteiger partial charge in [0.1, 0.15) is 0 Å². The number of ether oxygens (including phenoxy) is 2. The van der Waals surface area contributed by atoms with Crippen LogP contribution in [0.25, 0.3) is 10.8 Å². The number of benzene rings is 2. The van der Waals surface area contributed by atoms with Gasteiger partial charge in [0, 0.05) is 12.7 Å². The van der Waals surface area contributed by atoms with E-state index in [0.29, 0.717) is 6.61 Å². The average Bonchev–Trinajstić information content (AvgIpc) is 2.46. The summed E-state index contributed by atoms with van der Waals surface area (Å²) in [6.45, 7) is 3.87. The fourth-order valence-corrected chi connectivity index (χ4v) is 2.21. The summed E-state index contributed by atoms with van der Waals surface area (Å²) in [6, 6.07) is 13.8. The molecular weight excluding hydrogens is 240 g/mol. The normalized spacial score (nSPS) is 14.1. The van der Waals surface area contributed by atoms with E-state index in [1.54, 1.807) is 13.8 Å². The maximum absolute atomic E-state index is 12.2. The molecule has 19 heavy (non-hydrogen) atoms. The van der Waals surface area contributed by atoms with Crippen molar-refractivity contribution in [3.8, 4) is 0 Å². The van der Waals surface area contributed by atoms with Crippen molar-refractivity contribution >= 4 is 16.7 Å². The first-order chi connectivity index (χ1) is 9.13. The number of carbonyl (C=O) groups is 1. The van der Waals surface area contributed by atoms with Crippen LogP contribution in [-0.2, 0) is 19.9 Å². The monoisotopic (exact) mass is 258 g/mol. The van der Waals surface area contributed by atoms with Gasteiger partial charge in [0.05, 0.1) is 6.61 Å². The van der Waals surface area contributed by atoms with E-state index in [9.17, 15) is 4.79 Å². The summed E-state index contributed by atoms with van der Waals surface area (Å²) in [5, 5.41) is 2.08. The van der Waals surface area contributed by atoms with Crippen LogP contribution in [0.3, 0.4) is 0 Å². The Balaban J connectivity index is 2.61. The first-order valence-electron chi connectivity index (χ1n) is 6.34. The van der Waals surface area contributed by atoms with Gasteiger partial charge in [-0.3, -0.25) is 0 Å². The lowest BCUT2D eigenvalue weighted by Crippen LogP contribution is -2.36. The van der Waals surface area contributed by atoms with E-state index in [1.165, 1.54) is 7.11 Å². The van der Waals surface area contributed by atoms with Gasteiger partial charge in [-0.15, -0.1) is 0 Å². The summed E-state index contributed by atoms with van der Waals surface area (Å²) in [7, 11) is 1.53. The maximum Gasteiger partial charge on any atom is 0.342 e. The first-order valence-corrected chi connectivity index (χ1v) is 6.34. The van der Waals surface area contributed by atoms with E-state index in [-0.39, 0.29) is 5.97 Å². The zero-order valence-corrected chi connectivity index (χ0v) is 11.5. The molecule has 100 valence electrons. The minimum Gasteiger partial charge on any atom is -0.464 e. The van der Waals surface area contributed by atoms with E-state index in [4.69, 9.17) is 9.47 Å². The van der Waals surface area contributed by atoms with Gasteiger partial charge >= 0.3 is 5.97 Å². The smallest absolute Gasteiger partial charge is 0.342 e. The highest BCUT2D eigenvalue weighted by atomic mass is 16.6. The van der Waals surface area contributed by atoms with Gasteiger partial charge in [-0.1, -0.05) is 42.5 Å². The van der Waals surface area contributed by atoms with Gasteiger partial charge in [0.25, 0.3) is 0 Å².